The van der Waals surface area contributed by atoms with Gasteiger partial charge < -0.3 is 10.6 Å². The van der Waals surface area contributed by atoms with Crippen LogP contribution in [-0.2, 0) is 17.6 Å². The van der Waals surface area contributed by atoms with Gasteiger partial charge in [-0.3, -0.25) is 4.79 Å². The Balaban J connectivity index is 1.64. The molecule has 1 aromatic heterocycles. The predicted molar refractivity (Wildman–Crippen MR) is 77.6 cm³/mol. The van der Waals surface area contributed by atoms with Crippen LogP contribution in [-0.4, -0.2) is 23.5 Å². The number of aromatic nitrogens is 1. The summed E-state index contributed by atoms with van der Waals surface area (Å²) in [6.45, 7) is 3.15. The third-order valence-corrected chi connectivity index (χ3v) is 5.13. The number of piperidine rings is 1. The van der Waals surface area contributed by atoms with Gasteiger partial charge in [0.1, 0.15) is 0 Å². The molecule has 104 valence electrons. The highest BCUT2D eigenvalue weighted by molar-refractivity contribution is 7.15. The number of thiazole rings is 1. The number of amides is 1. The van der Waals surface area contributed by atoms with Gasteiger partial charge in [0.15, 0.2) is 5.13 Å². The normalized spacial score (nSPS) is 26.8. The SMILES string of the molecule is CC1CCNC(C(=O)Nc2nc3c(s2)CCCC3)C1. The van der Waals surface area contributed by atoms with Crippen molar-refractivity contribution in [3.05, 3.63) is 10.6 Å². The van der Waals surface area contributed by atoms with Gasteiger partial charge in [-0.1, -0.05) is 6.92 Å². The number of hydrogen-bond acceptors (Lipinski definition) is 4. The van der Waals surface area contributed by atoms with Crippen LogP contribution in [0.25, 0.3) is 0 Å². The highest BCUT2D eigenvalue weighted by Gasteiger charge is 2.25. The van der Waals surface area contributed by atoms with Crippen LogP contribution in [0.5, 0.6) is 0 Å². The fraction of sp³-hybridized carbons (Fsp3) is 0.714. The van der Waals surface area contributed by atoms with E-state index in [1.54, 1.807) is 11.3 Å². The summed E-state index contributed by atoms with van der Waals surface area (Å²) < 4.78 is 0. The lowest BCUT2D eigenvalue weighted by Gasteiger charge is -2.26. The summed E-state index contributed by atoms with van der Waals surface area (Å²) in [6, 6.07) is -0.0512. The third kappa shape index (κ3) is 2.98. The number of aryl methyl sites for hydroxylation is 2. The molecule has 0 aromatic carbocycles. The van der Waals surface area contributed by atoms with E-state index in [1.807, 2.05) is 0 Å². The largest absolute Gasteiger partial charge is 0.306 e. The van der Waals surface area contributed by atoms with E-state index in [2.05, 4.69) is 22.5 Å². The van der Waals surface area contributed by atoms with Gasteiger partial charge in [-0.2, -0.15) is 0 Å². The summed E-state index contributed by atoms with van der Waals surface area (Å²) in [6.07, 6.45) is 6.77. The number of nitrogens with zero attached hydrogens (tertiary/aromatic N) is 1. The number of carbonyl (C=O) groups is 1. The van der Waals surface area contributed by atoms with Crippen molar-refractivity contribution in [3.63, 3.8) is 0 Å². The average Bonchev–Trinajstić information content (AvgIpc) is 2.80. The molecule has 1 aromatic rings. The molecular weight excluding hydrogens is 258 g/mol. The minimum Gasteiger partial charge on any atom is -0.306 e. The first-order chi connectivity index (χ1) is 9.22. The van der Waals surface area contributed by atoms with E-state index in [1.165, 1.54) is 23.4 Å². The van der Waals surface area contributed by atoms with E-state index in [0.717, 1.165) is 37.4 Å². The van der Waals surface area contributed by atoms with Gasteiger partial charge in [0.05, 0.1) is 11.7 Å². The zero-order valence-electron chi connectivity index (χ0n) is 11.4. The topological polar surface area (TPSA) is 54.0 Å². The molecule has 2 heterocycles. The van der Waals surface area contributed by atoms with Crippen LogP contribution in [0.3, 0.4) is 0 Å². The minimum atomic E-state index is -0.0512. The summed E-state index contributed by atoms with van der Waals surface area (Å²) in [5.41, 5.74) is 1.21. The van der Waals surface area contributed by atoms with Gasteiger partial charge in [0.2, 0.25) is 5.91 Å². The summed E-state index contributed by atoms with van der Waals surface area (Å²) in [4.78, 5) is 18.1. The Morgan fingerprint density at radius 3 is 3.05 bits per heavy atom. The monoisotopic (exact) mass is 279 g/mol. The molecule has 1 saturated heterocycles. The van der Waals surface area contributed by atoms with Crippen molar-refractivity contribution >= 4 is 22.4 Å². The molecule has 2 atom stereocenters. The average molecular weight is 279 g/mol. The first-order valence-electron chi connectivity index (χ1n) is 7.25. The van der Waals surface area contributed by atoms with Crippen molar-refractivity contribution in [1.82, 2.24) is 10.3 Å². The molecule has 0 spiro atoms. The van der Waals surface area contributed by atoms with Crippen molar-refractivity contribution in [2.75, 3.05) is 11.9 Å². The van der Waals surface area contributed by atoms with Crippen LogP contribution in [0, 0.1) is 5.92 Å². The zero-order chi connectivity index (χ0) is 13.2. The Labute approximate surface area is 118 Å². The number of rotatable bonds is 2. The number of anilines is 1. The van der Waals surface area contributed by atoms with Gasteiger partial charge in [-0.25, -0.2) is 4.98 Å². The molecule has 1 aliphatic heterocycles. The van der Waals surface area contributed by atoms with Crippen LogP contribution in [0.15, 0.2) is 0 Å². The van der Waals surface area contributed by atoms with E-state index in [0.29, 0.717) is 5.92 Å². The second kappa shape index (κ2) is 5.59. The van der Waals surface area contributed by atoms with E-state index in [-0.39, 0.29) is 11.9 Å². The van der Waals surface area contributed by atoms with Crippen LogP contribution in [0.2, 0.25) is 0 Å². The molecule has 0 radical (unpaired) electrons. The fourth-order valence-electron chi connectivity index (χ4n) is 2.91. The molecule has 1 amide bonds. The molecule has 2 aliphatic rings. The van der Waals surface area contributed by atoms with E-state index >= 15 is 0 Å². The van der Waals surface area contributed by atoms with Crippen molar-refractivity contribution in [3.8, 4) is 0 Å². The molecule has 1 fully saturated rings. The molecular formula is C14H21N3OS. The van der Waals surface area contributed by atoms with Gasteiger partial charge in [0.25, 0.3) is 0 Å². The van der Waals surface area contributed by atoms with Crippen molar-refractivity contribution in [2.24, 2.45) is 5.92 Å². The van der Waals surface area contributed by atoms with Crippen molar-refractivity contribution in [2.45, 2.75) is 51.5 Å². The Morgan fingerprint density at radius 1 is 1.42 bits per heavy atom. The number of nitrogens with one attached hydrogen (secondary N) is 2. The third-order valence-electron chi connectivity index (χ3n) is 4.06. The Bertz CT molecular complexity index is 448. The standard InChI is InChI=1S/C14H21N3OS/c1-9-6-7-15-11(8-9)13(18)17-14-16-10-4-2-3-5-12(10)19-14/h9,11,15H,2-8H2,1H3,(H,16,17,18). The molecule has 0 saturated carbocycles. The van der Waals surface area contributed by atoms with Crippen LogP contribution in [0.4, 0.5) is 5.13 Å². The van der Waals surface area contributed by atoms with E-state index in [4.69, 9.17) is 0 Å². The van der Waals surface area contributed by atoms with Gasteiger partial charge in [0, 0.05) is 4.88 Å². The smallest absolute Gasteiger partial charge is 0.243 e. The van der Waals surface area contributed by atoms with Crippen molar-refractivity contribution in [1.29, 1.82) is 0 Å². The predicted octanol–water partition coefficient (Wildman–Crippen LogP) is 2.35. The Kier molecular flexibility index (Phi) is 3.84. The maximum atomic E-state index is 12.2. The highest BCUT2D eigenvalue weighted by atomic mass is 32.1. The number of fused-ring (bicyclic) bond motifs is 1. The van der Waals surface area contributed by atoms with Crippen molar-refractivity contribution < 1.29 is 4.79 Å². The summed E-state index contributed by atoms with van der Waals surface area (Å²) in [5.74, 6) is 0.708. The Morgan fingerprint density at radius 2 is 2.26 bits per heavy atom. The zero-order valence-corrected chi connectivity index (χ0v) is 12.2. The lowest BCUT2D eigenvalue weighted by molar-refractivity contribution is -0.119. The fourth-order valence-corrected chi connectivity index (χ4v) is 3.96. The molecule has 3 rings (SSSR count). The second-order valence-corrected chi connectivity index (χ2v) is 6.81. The molecule has 1 aliphatic carbocycles. The maximum absolute atomic E-state index is 12.2. The summed E-state index contributed by atoms with van der Waals surface area (Å²) in [5, 5.41) is 7.08. The molecule has 19 heavy (non-hydrogen) atoms. The van der Waals surface area contributed by atoms with Crippen LogP contribution in [0.1, 0.15) is 43.2 Å². The highest BCUT2D eigenvalue weighted by Crippen LogP contribution is 2.29. The minimum absolute atomic E-state index is 0.0512. The lowest BCUT2D eigenvalue weighted by Crippen LogP contribution is -2.45. The maximum Gasteiger partial charge on any atom is 0.243 e. The first kappa shape index (κ1) is 13.1. The molecule has 0 bridgehead atoms. The second-order valence-electron chi connectivity index (χ2n) is 5.72. The quantitative estimate of drug-likeness (QED) is 0.873. The van der Waals surface area contributed by atoms with Crippen LogP contribution < -0.4 is 10.6 Å². The van der Waals surface area contributed by atoms with Crippen LogP contribution >= 0.6 is 11.3 Å². The van der Waals surface area contributed by atoms with E-state index < -0.39 is 0 Å². The first-order valence-corrected chi connectivity index (χ1v) is 8.07. The van der Waals surface area contributed by atoms with Gasteiger partial charge >= 0.3 is 0 Å². The molecule has 5 heteroatoms. The molecule has 2 N–H and O–H groups in total. The van der Waals surface area contributed by atoms with E-state index in [9.17, 15) is 4.79 Å². The van der Waals surface area contributed by atoms with Gasteiger partial charge in [-0.15, -0.1) is 11.3 Å². The van der Waals surface area contributed by atoms with Gasteiger partial charge in [-0.05, 0) is 51.0 Å². The Hall–Kier alpha value is -0.940. The lowest BCUT2D eigenvalue weighted by atomic mass is 9.94. The molecule has 4 nitrogen and oxygen atoms in total. The number of carbonyl (C=O) groups excluding carboxylic acids is 1. The summed E-state index contributed by atoms with van der Waals surface area (Å²) in [7, 11) is 0. The molecule has 2 unspecified atom stereocenters. The summed E-state index contributed by atoms with van der Waals surface area (Å²) >= 11 is 1.66. The number of hydrogen-bond donors (Lipinski definition) is 2.